The number of rotatable bonds is 5. The van der Waals surface area contributed by atoms with E-state index in [9.17, 15) is 9.18 Å². The zero-order valence-electron chi connectivity index (χ0n) is 16.7. The molecule has 4 nitrogen and oxygen atoms in total. The summed E-state index contributed by atoms with van der Waals surface area (Å²) >= 11 is 12.7. The Morgan fingerprint density at radius 1 is 1.34 bits per heavy atom. The summed E-state index contributed by atoms with van der Waals surface area (Å²) in [5.41, 5.74) is -0.659. The zero-order valence-corrected chi connectivity index (χ0v) is 18.2. The highest BCUT2D eigenvalue weighted by molar-refractivity contribution is 6.39. The van der Waals surface area contributed by atoms with Crippen molar-refractivity contribution in [2.75, 3.05) is 0 Å². The maximum atomic E-state index is 14.8. The number of halogens is 3. The quantitative estimate of drug-likeness (QED) is 0.531. The predicted molar refractivity (Wildman–Crippen MR) is 110 cm³/mol. The van der Waals surface area contributed by atoms with Crippen LogP contribution in [-0.2, 0) is 21.8 Å². The molecule has 0 radical (unpaired) electrons. The first-order valence-electron chi connectivity index (χ1n) is 9.88. The third-order valence-corrected chi connectivity index (χ3v) is 6.86. The van der Waals surface area contributed by atoms with Crippen molar-refractivity contribution < 1.29 is 18.4 Å². The Balaban J connectivity index is 1.64. The van der Waals surface area contributed by atoms with Gasteiger partial charge >= 0.3 is 0 Å². The number of benzene rings is 1. The van der Waals surface area contributed by atoms with E-state index >= 15 is 0 Å². The maximum Gasteiger partial charge on any atom is 0.179 e. The van der Waals surface area contributed by atoms with E-state index < -0.39 is 5.67 Å². The Hall–Kier alpha value is -1.43. The molecule has 2 aliphatic rings. The first-order valence-corrected chi connectivity index (χ1v) is 10.6. The monoisotopic (exact) mass is 439 g/mol. The fourth-order valence-corrected chi connectivity index (χ4v) is 5.31. The Bertz CT molecular complexity index is 932. The summed E-state index contributed by atoms with van der Waals surface area (Å²) in [6, 6.07) is 5.14. The minimum Gasteiger partial charge on any atom is -0.373 e. The summed E-state index contributed by atoms with van der Waals surface area (Å²) in [5, 5.41) is 4.90. The van der Waals surface area contributed by atoms with Crippen LogP contribution in [0, 0.1) is 11.3 Å². The van der Waals surface area contributed by atoms with Gasteiger partial charge in [0.25, 0.3) is 0 Å². The fraction of sp³-hybridized carbons (Fsp3) is 0.545. The van der Waals surface area contributed by atoms with Gasteiger partial charge in [-0.15, -0.1) is 0 Å². The van der Waals surface area contributed by atoms with Crippen molar-refractivity contribution in [3.05, 3.63) is 39.6 Å². The number of hydrogen-bond acceptors (Lipinski definition) is 4. The minimum absolute atomic E-state index is 0.0646. The Labute approximate surface area is 179 Å². The Kier molecular flexibility index (Phi) is 5.29. The van der Waals surface area contributed by atoms with Crippen LogP contribution in [0.5, 0.6) is 0 Å². The molecule has 156 valence electrons. The first-order chi connectivity index (χ1) is 13.6. The number of nitrogens with zero attached hydrogens (tertiary/aromatic N) is 1. The number of Topliss-reactive ketones (excluding diaryl/α,β-unsaturated/α-hetero) is 1. The van der Waals surface area contributed by atoms with E-state index in [1.807, 2.05) is 6.92 Å². The van der Waals surface area contributed by atoms with Crippen LogP contribution < -0.4 is 0 Å². The lowest BCUT2D eigenvalue weighted by molar-refractivity contribution is -0.136. The van der Waals surface area contributed by atoms with Gasteiger partial charge in [-0.25, -0.2) is 4.39 Å². The normalized spacial score (nSPS) is 26.9. The lowest BCUT2D eigenvalue weighted by atomic mass is 9.75. The molecule has 2 aliphatic carbocycles. The molecular formula is C22H24Cl2FNO3. The molecule has 2 saturated carbocycles. The molecule has 0 aliphatic heterocycles. The first kappa shape index (κ1) is 20.8. The summed E-state index contributed by atoms with van der Waals surface area (Å²) < 4.78 is 26.4. The van der Waals surface area contributed by atoms with E-state index in [4.69, 9.17) is 32.5 Å². The van der Waals surface area contributed by atoms with Crippen molar-refractivity contribution in [1.29, 1.82) is 0 Å². The largest absolute Gasteiger partial charge is 0.373 e. The van der Waals surface area contributed by atoms with E-state index in [0.29, 0.717) is 45.5 Å². The average Bonchev–Trinajstić information content (AvgIpc) is 3.10. The molecule has 2 bridgehead atoms. The van der Waals surface area contributed by atoms with Crippen LogP contribution in [0.1, 0.15) is 57.8 Å². The third-order valence-electron chi connectivity index (χ3n) is 6.23. The highest BCUT2D eigenvalue weighted by Crippen LogP contribution is 2.49. The lowest BCUT2D eigenvalue weighted by Gasteiger charge is -2.33. The number of ether oxygens (including phenoxy) is 1. The van der Waals surface area contributed by atoms with Gasteiger partial charge in [-0.05, 0) is 51.7 Å². The molecule has 7 heteroatoms. The predicted octanol–water partition coefficient (Wildman–Crippen LogP) is 6.52. The van der Waals surface area contributed by atoms with Gasteiger partial charge in [0.05, 0.1) is 28.3 Å². The molecule has 0 saturated heterocycles. The van der Waals surface area contributed by atoms with E-state index in [2.05, 4.69) is 5.16 Å². The zero-order chi connectivity index (χ0) is 21.0. The summed E-state index contributed by atoms with van der Waals surface area (Å²) in [6.45, 7) is 4.96. The fourth-order valence-electron chi connectivity index (χ4n) is 4.73. The maximum absolute atomic E-state index is 14.8. The van der Waals surface area contributed by atoms with E-state index in [-0.39, 0.29) is 29.8 Å². The van der Waals surface area contributed by atoms with Gasteiger partial charge in [0, 0.05) is 16.9 Å². The molecule has 29 heavy (non-hydrogen) atoms. The average molecular weight is 440 g/mol. The highest BCUT2D eigenvalue weighted by Gasteiger charge is 2.50. The third kappa shape index (κ3) is 3.73. The van der Waals surface area contributed by atoms with Gasteiger partial charge in [-0.1, -0.05) is 41.3 Å². The number of alkyl halides is 1. The van der Waals surface area contributed by atoms with Crippen LogP contribution in [0.2, 0.25) is 10.0 Å². The molecule has 2 aromatic rings. The van der Waals surface area contributed by atoms with Gasteiger partial charge in [0.2, 0.25) is 0 Å². The number of aromatic nitrogens is 1. The van der Waals surface area contributed by atoms with Crippen LogP contribution in [0.4, 0.5) is 4.39 Å². The molecule has 0 amide bonds. The van der Waals surface area contributed by atoms with E-state index in [1.165, 1.54) is 13.8 Å². The number of ketones is 1. The molecule has 3 atom stereocenters. The molecule has 0 N–H and O–H groups in total. The van der Waals surface area contributed by atoms with Crippen molar-refractivity contribution in [3.8, 4) is 11.3 Å². The molecule has 1 aromatic carbocycles. The minimum atomic E-state index is -1.74. The second-order valence-electron chi connectivity index (χ2n) is 8.94. The summed E-state index contributed by atoms with van der Waals surface area (Å²) in [7, 11) is 0. The van der Waals surface area contributed by atoms with Gasteiger partial charge in [-0.2, -0.15) is 0 Å². The molecule has 4 rings (SSSR count). The topological polar surface area (TPSA) is 52.3 Å². The SMILES string of the molecule is CC(C)(F)c1onc(-c2c(Cl)cccc2Cl)c1CO[C@@H]1C[C@H]2CC[C@](C)(C1)C2=O. The van der Waals surface area contributed by atoms with Crippen LogP contribution in [0.15, 0.2) is 22.7 Å². The van der Waals surface area contributed by atoms with Crippen molar-refractivity contribution in [1.82, 2.24) is 5.16 Å². The van der Waals surface area contributed by atoms with Crippen LogP contribution in [0.25, 0.3) is 11.3 Å². The smallest absolute Gasteiger partial charge is 0.179 e. The van der Waals surface area contributed by atoms with Crippen LogP contribution in [0.3, 0.4) is 0 Å². The summed E-state index contributed by atoms with van der Waals surface area (Å²) in [4.78, 5) is 12.4. The van der Waals surface area contributed by atoms with Gasteiger partial charge in [0.1, 0.15) is 11.5 Å². The Morgan fingerprint density at radius 3 is 2.66 bits per heavy atom. The number of fused-ring (bicyclic) bond motifs is 2. The van der Waals surface area contributed by atoms with Gasteiger partial charge in [-0.3, -0.25) is 4.79 Å². The number of carbonyl (C=O) groups is 1. The Morgan fingerprint density at radius 2 is 2.03 bits per heavy atom. The van der Waals surface area contributed by atoms with Gasteiger partial charge < -0.3 is 9.26 Å². The highest BCUT2D eigenvalue weighted by atomic mass is 35.5. The van der Waals surface area contributed by atoms with E-state index in [1.54, 1.807) is 18.2 Å². The van der Waals surface area contributed by atoms with Crippen molar-refractivity contribution >= 4 is 29.0 Å². The lowest BCUT2D eigenvalue weighted by Crippen LogP contribution is -2.37. The molecule has 1 heterocycles. The second-order valence-corrected chi connectivity index (χ2v) is 9.76. The second kappa shape index (κ2) is 7.36. The van der Waals surface area contributed by atoms with E-state index in [0.717, 1.165) is 12.8 Å². The van der Waals surface area contributed by atoms with Crippen molar-refractivity contribution in [3.63, 3.8) is 0 Å². The van der Waals surface area contributed by atoms with Crippen molar-refractivity contribution in [2.24, 2.45) is 11.3 Å². The molecule has 0 spiro atoms. The summed E-state index contributed by atoms with van der Waals surface area (Å²) in [5.74, 6) is 0.525. The van der Waals surface area contributed by atoms with Crippen LogP contribution in [-0.4, -0.2) is 17.0 Å². The number of hydrogen-bond donors (Lipinski definition) is 0. The number of carbonyl (C=O) groups excluding carboxylic acids is 1. The standard InChI is InChI=1S/C22H24Cl2FNO3/c1-21(2,25)20-14(18(26-29-20)17-15(23)5-4-6-16(17)24)11-28-13-9-12-7-8-22(3,10-13)19(12)27/h4-6,12-13H,7-11H2,1-3H3/t12-,13-,22-/m1/s1. The molecular weight excluding hydrogens is 416 g/mol. The van der Waals surface area contributed by atoms with Crippen LogP contribution >= 0.6 is 23.2 Å². The van der Waals surface area contributed by atoms with Crippen molar-refractivity contribution in [2.45, 2.75) is 64.8 Å². The molecule has 1 aromatic heterocycles. The molecule has 0 unspecified atom stereocenters. The van der Waals surface area contributed by atoms with Gasteiger partial charge in [0.15, 0.2) is 11.4 Å². The summed E-state index contributed by atoms with van der Waals surface area (Å²) in [6.07, 6.45) is 3.16. The molecule has 2 fully saturated rings.